The van der Waals surface area contributed by atoms with Crippen LogP contribution in [0.25, 0.3) is 0 Å². The van der Waals surface area contributed by atoms with Gasteiger partial charge in [0.05, 0.1) is 17.0 Å². The Morgan fingerprint density at radius 3 is 2.57 bits per heavy atom. The van der Waals surface area contributed by atoms with E-state index in [9.17, 15) is 5.11 Å². The lowest BCUT2D eigenvalue weighted by Gasteiger charge is -2.12. The number of hydrogen-bond acceptors (Lipinski definition) is 2. The number of aromatic hydroxyl groups is 1. The Kier molecular flexibility index (Phi) is 3.03. The molecule has 0 aliphatic carbocycles. The monoisotopic (exact) mass is 209 g/mol. The molecule has 0 spiro atoms. The van der Waals surface area contributed by atoms with Crippen molar-refractivity contribution in [3.05, 3.63) is 27.8 Å². The summed E-state index contributed by atoms with van der Waals surface area (Å²) in [6.45, 7) is 5.38. The first kappa shape index (κ1) is 10.9. The number of phenols is 1. The number of aryl methyl sites for hydroxylation is 1. The van der Waals surface area contributed by atoms with Crippen LogP contribution in [0.5, 0.6) is 5.75 Å². The van der Waals surface area contributed by atoms with Gasteiger partial charge < -0.3 is 5.11 Å². The van der Waals surface area contributed by atoms with Gasteiger partial charge in [-0.15, -0.1) is 0 Å². The van der Waals surface area contributed by atoms with E-state index in [0.717, 1.165) is 11.1 Å². The van der Waals surface area contributed by atoms with E-state index in [0.29, 0.717) is 10.6 Å². The molecule has 3 heteroatoms. The van der Waals surface area contributed by atoms with E-state index in [1.165, 1.54) is 0 Å². The highest BCUT2D eigenvalue weighted by Crippen LogP contribution is 2.35. The second kappa shape index (κ2) is 3.89. The Balaban J connectivity index is 3.42. The molecule has 0 amide bonds. The fourth-order valence-electron chi connectivity index (χ4n) is 1.41. The largest absolute Gasteiger partial charge is 0.506 e. The number of halogens is 1. The Morgan fingerprint density at radius 1 is 1.50 bits per heavy atom. The summed E-state index contributed by atoms with van der Waals surface area (Å²) < 4.78 is 0. The molecule has 0 bridgehead atoms. The van der Waals surface area contributed by atoms with E-state index in [4.69, 9.17) is 16.9 Å². The Hall–Kier alpha value is -1.20. The van der Waals surface area contributed by atoms with Crippen LogP contribution >= 0.6 is 11.6 Å². The molecule has 1 atom stereocenters. The molecule has 0 heterocycles. The molecule has 0 radical (unpaired) electrons. The van der Waals surface area contributed by atoms with Gasteiger partial charge in [-0.2, -0.15) is 5.26 Å². The van der Waals surface area contributed by atoms with Crippen LogP contribution in [0.3, 0.4) is 0 Å². The van der Waals surface area contributed by atoms with Crippen molar-refractivity contribution in [3.63, 3.8) is 0 Å². The van der Waals surface area contributed by atoms with E-state index >= 15 is 0 Å². The molecule has 0 aliphatic heterocycles. The van der Waals surface area contributed by atoms with Crippen LogP contribution in [-0.4, -0.2) is 5.11 Å². The standard InChI is InChI=1S/C11H12ClNO/c1-6-4-9(7(2)5-13)8(3)11(14)10(6)12/h4,7,14H,1-3H3. The number of hydrogen-bond donors (Lipinski definition) is 1. The molecule has 1 N–H and O–H groups in total. The van der Waals surface area contributed by atoms with Gasteiger partial charge in [0.1, 0.15) is 5.75 Å². The number of phenolic OH excluding ortho intramolecular Hbond substituents is 1. The summed E-state index contributed by atoms with van der Waals surface area (Å²) in [6.07, 6.45) is 0. The van der Waals surface area contributed by atoms with Gasteiger partial charge in [0.25, 0.3) is 0 Å². The van der Waals surface area contributed by atoms with Crippen molar-refractivity contribution in [1.82, 2.24) is 0 Å². The molecule has 1 aromatic carbocycles. The number of benzene rings is 1. The van der Waals surface area contributed by atoms with Gasteiger partial charge in [0.15, 0.2) is 0 Å². The zero-order chi connectivity index (χ0) is 10.9. The number of rotatable bonds is 1. The summed E-state index contributed by atoms with van der Waals surface area (Å²) in [5.41, 5.74) is 2.33. The van der Waals surface area contributed by atoms with Crippen LogP contribution in [0.4, 0.5) is 0 Å². The van der Waals surface area contributed by atoms with E-state index in [-0.39, 0.29) is 11.7 Å². The molecule has 1 unspecified atom stereocenters. The summed E-state index contributed by atoms with van der Waals surface area (Å²) in [6, 6.07) is 3.99. The van der Waals surface area contributed by atoms with E-state index < -0.39 is 0 Å². The van der Waals surface area contributed by atoms with Crippen molar-refractivity contribution in [2.45, 2.75) is 26.7 Å². The van der Waals surface area contributed by atoms with Crippen LogP contribution < -0.4 is 0 Å². The smallest absolute Gasteiger partial charge is 0.137 e. The van der Waals surface area contributed by atoms with Gasteiger partial charge in [0.2, 0.25) is 0 Å². The molecule has 1 rings (SSSR count). The SMILES string of the molecule is Cc1cc(C(C)C#N)c(C)c(O)c1Cl. The van der Waals surface area contributed by atoms with Crippen molar-refractivity contribution in [2.24, 2.45) is 0 Å². The number of nitrogens with zero attached hydrogens (tertiary/aromatic N) is 1. The molecule has 0 aliphatic rings. The Bertz CT molecular complexity index is 407. The highest BCUT2D eigenvalue weighted by atomic mass is 35.5. The third-order valence-corrected chi connectivity index (χ3v) is 2.85. The minimum Gasteiger partial charge on any atom is -0.506 e. The van der Waals surface area contributed by atoms with Crippen molar-refractivity contribution in [2.75, 3.05) is 0 Å². The van der Waals surface area contributed by atoms with Crippen LogP contribution in [0.2, 0.25) is 5.02 Å². The molecule has 0 fully saturated rings. The molecule has 14 heavy (non-hydrogen) atoms. The first-order valence-electron chi connectivity index (χ1n) is 4.37. The van der Waals surface area contributed by atoms with Crippen molar-refractivity contribution in [3.8, 4) is 11.8 Å². The summed E-state index contributed by atoms with van der Waals surface area (Å²) >= 11 is 5.87. The van der Waals surface area contributed by atoms with Gasteiger partial charge in [0, 0.05) is 0 Å². The molecule has 2 nitrogen and oxygen atoms in total. The minimum absolute atomic E-state index is 0.0868. The molecule has 74 valence electrons. The highest BCUT2D eigenvalue weighted by molar-refractivity contribution is 6.32. The van der Waals surface area contributed by atoms with Gasteiger partial charge in [-0.1, -0.05) is 17.7 Å². The van der Waals surface area contributed by atoms with Crippen LogP contribution in [0.15, 0.2) is 6.07 Å². The summed E-state index contributed by atoms with van der Waals surface area (Å²) in [5.74, 6) is -0.138. The average molecular weight is 210 g/mol. The van der Waals surface area contributed by atoms with Crippen molar-refractivity contribution < 1.29 is 5.11 Å². The minimum atomic E-state index is -0.225. The first-order valence-corrected chi connectivity index (χ1v) is 4.75. The second-order valence-electron chi connectivity index (χ2n) is 3.42. The van der Waals surface area contributed by atoms with Gasteiger partial charge >= 0.3 is 0 Å². The summed E-state index contributed by atoms with van der Waals surface area (Å²) in [5, 5.41) is 18.8. The molecular formula is C11H12ClNO. The summed E-state index contributed by atoms with van der Waals surface area (Å²) in [7, 11) is 0. The molecule has 0 aromatic heterocycles. The molecule has 0 saturated heterocycles. The first-order chi connectivity index (χ1) is 6.49. The average Bonchev–Trinajstić information content (AvgIpc) is 2.19. The fourth-order valence-corrected chi connectivity index (χ4v) is 1.61. The van der Waals surface area contributed by atoms with E-state index in [1.54, 1.807) is 13.8 Å². The second-order valence-corrected chi connectivity index (χ2v) is 3.80. The number of nitriles is 1. The van der Waals surface area contributed by atoms with E-state index in [1.807, 2.05) is 13.0 Å². The normalized spacial score (nSPS) is 12.2. The zero-order valence-corrected chi connectivity index (χ0v) is 9.18. The predicted octanol–water partition coefficient (Wildman–Crippen LogP) is 3.29. The highest BCUT2D eigenvalue weighted by Gasteiger charge is 2.14. The Morgan fingerprint density at radius 2 is 2.07 bits per heavy atom. The molecular weight excluding hydrogens is 198 g/mol. The van der Waals surface area contributed by atoms with Gasteiger partial charge in [-0.3, -0.25) is 0 Å². The van der Waals surface area contributed by atoms with Crippen LogP contribution in [0.1, 0.15) is 29.5 Å². The van der Waals surface area contributed by atoms with Crippen molar-refractivity contribution >= 4 is 11.6 Å². The molecule has 1 aromatic rings. The quantitative estimate of drug-likeness (QED) is 0.772. The third-order valence-electron chi connectivity index (χ3n) is 2.37. The molecule has 0 saturated carbocycles. The maximum Gasteiger partial charge on any atom is 0.137 e. The topological polar surface area (TPSA) is 44.0 Å². The Labute approximate surface area is 88.7 Å². The van der Waals surface area contributed by atoms with Crippen LogP contribution in [0, 0.1) is 25.2 Å². The van der Waals surface area contributed by atoms with Gasteiger partial charge in [-0.25, -0.2) is 0 Å². The lowest BCUT2D eigenvalue weighted by Crippen LogP contribution is -1.96. The lowest BCUT2D eigenvalue weighted by atomic mass is 9.95. The predicted molar refractivity (Wildman–Crippen MR) is 56.6 cm³/mol. The summed E-state index contributed by atoms with van der Waals surface area (Å²) in [4.78, 5) is 0. The maximum absolute atomic E-state index is 9.67. The zero-order valence-electron chi connectivity index (χ0n) is 8.43. The van der Waals surface area contributed by atoms with Crippen LogP contribution in [-0.2, 0) is 0 Å². The lowest BCUT2D eigenvalue weighted by molar-refractivity contribution is 0.469. The third kappa shape index (κ3) is 1.69. The maximum atomic E-state index is 9.67. The van der Waals surface area contributed by atoms with Crippen molar-refractivity contribution in [1.29, 1.82) is 5.26 Å². The van der Waals surface area contributed by atoms with Gasteiger partial charge in [-0.05, 0) is 37.5 Å². The van der Waals surface area contributed by atoms with E-state index in [2.05, 4.69) is 6.07 Å². The fraction of sp³-hybridized carbons (Fsp3) is 0.364.